The third kappa shape index (κ3) is 5.94. The molecular weight excluding hydrogens is 559 g/mol. The number of aryl methyl sites for hydroxylation is 2. The number of piperazine rings is 1. The van der Waals surface area contributed by atoms with Crippen molar-refractivity contribution in [2.45, 2.75) is 52.6 Å². The molecule has 2 bridgehead atoms. The van der Waals surface area contributed by atoms with Gasteiger partial charge in [0.1, 0.15) is 11.6 Å². The summed E-state index contributed by atoms with van der Waals surface area (Å²) in [7, 11) is 1.50. The number of nitrogens with one attached hydrogen (secondary N) is 1. The van der Waals surface area contributed by atoms with Gasteiger partial charge in [-0.15, -0.1) is 0 Å². The Labute approximate surface area is 258 Å². The smallest absolute Gasteiger partial charge is 0.261 e. The van der Waals surface area contributed by atoms with Gasteiger partial charge in [0.05, 0.1) is 37.0 Å². The molecule has 44 heavy (non-hydrogen) atoms. The zero-order valence-corrected chi connectivity index (χ0v) is 26.3. The highest BCUT2D eigenvalue weighted by Crippen LogP contribution is 2.61. The summed E-state index contributed by atoms with van der Waals surface area (Å²) in [6, 6.07) is 10.7. The maximum Gasteiger partial charge on any atom is 0.261 e. The fourth-order valence-electron chi connectivity index (χ4n) is 7.59. The van der Waals surface area contributed by atoms with Gasteiger partial charge in [0.15, 0.2) is 5.96 Å². The molecule has 236 valence electrons. The van der Waals surface area contributed by atoms with E-state index in [-0.39, 0.29) is 24.0 Å². The highest BCUT2D eigenvalue weighted by molar-refractivity contribution is 5.96. The number of hydrogen-bond acceptors (Lipinski definition) is 6. The lowest BCUT2D eigenvalue weighted by Gasteiger charge is -2.61. The molecule has 1 aliphatic heterocycles. The van der Waals surface area contributed by atoms with Crippen molar-refractivity contribution in [3.63, 3.8) is 0 Å². The van der Waals surface area contributed by atoms with Crippen LogP contribution in [0.1, 0.15) is 39.2 Å². The maximum atomic E-state index is 14.4. The Morgan fingerprint density at radius 2 is 1.93 bits per heavy atom. The van der Waals surface area contributed by atoms with Gasteiger partial charge in [-0.05, 0) is 72.3 Å². The van der Waals surface area contributed by atoms with E-state index in [1.807, 2.05) is 18.2 Å². The molecular formula is C34H45FN6O3. The molecule has 3 aromatic rings. The molecule has 3 aliphatic carbocycles. The number of fused-ring (bicyclic) bond motifs is 3. The SMILES string of the molecule is COc1ccc(CCn2cnc3cc(NC(=NC4CC5C[C@H]([C@@H]4C)C5(C)C)N4CCN(CCO)CC4)ccc3c2=O)c(F)c1. The zero-order valence-electron chi connectivity index (χ0n) is 26.3. The summed E-state index contributed by atoms with van der Waals surface area (Å²) in [5.74, 6) is 2.92. The second kappa shape index (κ2) is 12.5. The van der Waals surface area contributed by atoms with Crippen LogP contribution in [0.5, 0.6) is 5.75 Å². The summed E-state index contributed by atoms with van der Waals surface area (Å²) in [5.41, 5.74) is 2.21. The van der Waals surface area contributed by atoms with E-state index in [1.165, 1.54) is 24.2 Å². The average molecular weight is 605 g/mol. The Kier molecular flexibility index (Phi) is 8.66. The van der Waals surface area contributed by atoms with Crippen LogP contribution in [0.4, 0.5) is 10.1 Å². The van der Waals surface area contributed by atoms with Crippen LogP contribution in [0.25, 0.3) is 10.9 Å². The molecule has 2 N–H and O–H groups in total. The first kappa shape index (κ1) is 30.5. The Hall–Kier alpha value is -3.50. The summed E-state index contributed by atoms with van der Waals surface area (Å²) in [4.78, 5) is 27.9. The van der Waals surface area contributed by atoms with Crippen molar-refractivity contribution in [2.24, 2.45) is 28.2 Å². The first-order chi connectivity index (χ1) is 21.2. The number of aromatic nitrogens is 2. The number of ether oxygens (including phenoxy) is 1. The van der Waals surface area contributed by atoms with Crippen molar-refractivity contribution >= 4 is 22.5 Å². The number of halogens is 1. The molecule has 10 heteroatoms. The molecule has 4 fully saturated rings. The number of nitrogens with zero attached hydrogens (tertiary/aromatic N) is 5. The average Bonchev–Trinajstić information content (AvgIpc) is 3.02. The van der Waals surface area contributed by atoms with Gasteiger partial charge in [-0.2, -0.15) is 0 Å². The number of aliphatic imine (C=N–C) groups is 1. The van der Waals surface area contributed by atoms with Gasteiger partial charge in [0.2, 0.25) is 0 Å². The fourth-order valence-corrected chi connectivity index (χ4v) is 7.59. The number of benzene rings is 2. The topological polar surface area (TPSA) is 95.2 Å². The van der Waals surface area contributed by atoms with Crippen LogP contribution in [-0.4, -0.2) is 82.9 Å². The predicted molar refractivity (Wildman–Crippen MR) is 172 cm³/mol. The van der Waals surface area contributed by atoms with E-state index in [1.54, 1.807) is 18.5 Å². The minimum absolute atomic E-state index is 0.151. The first-order valence-corrected chi connectivity index (χ1v) is 15.9. The van der Waals surface area contributed by atoms with Crippen LogP contribution in [0, 0.1) is 29.0 Å². The minimum atomic E-state index is -0.350. The van der Waals surface area contributed by atoms with Crippen molar-refractivity contribution in [3.05, 3.63) is 64.5 Å². The number of aliphatic hydroxyl groups excluding tert-OH is 1. The molecule has 1 saturated heterocycles. The van der Waals surface area contributed by atoms with Gasteiger partial charge in [0, 0.05) is 51.0 Å². The van der Waals surface area contributed by atoms with Crippen molar-refractivity contribution in [2.75, 3.05) is 51.8 Å². The largest absolute Gasteiger partial charge is 0.497 e. The lowest BCUT2D eigenvalue weighted by atomic mass is 9.45. The van der Waals surface area contributed by atoms with Gasteiger partial charge in [-0.1, -0.05) is 26.8 Å². The number of hydrogen-bond donors (Lipinski definition) is 2. The van der Waals surface area contributed by atoms with E-state index < -0.39 is 0 Å². The first-order valence-electron chi connectivity index (χ1n) is 15.9. The molecule has 0 radical (unpaired) electrons. The molecule has 0 spiro atoms. The van der Waals surface area contributed by atoms with Crippen LogP contribution in [-0.2, 0) is 13.0 Å². The lowest BCUT2D eigenvalue weighted by molar-refractivity contribution is -0.108. The van der Waals surface area contributed by atoms with Gasteiger partial charge < -0.3 is 20.1 Å². The molecule has 3 saturated carbocycles. The number of guanidine groups is 1. The summed E-state index contributed by atoms with van der Waals surface area (Å²) in [5, 5.41) is 13.5. The number of aliphatic hydroxyl groups is 1. The number of rotatable bonds is 8. The molecule has 0 amide bonds. The molecule has 4 atom stereocenters. The van der Waals surface area contributed by atoms with Crippen LogP contribution in [0.2, 0.25) is 0 Å². The van der Waals surface area contributed by atoms with Crippen molar-refractivity contribution in [1.82, 2.24) is 19.4 Å². The van der Waals surface area contributed by atoms with Crippen molar-refractivity contribution in [3.8, 4) is 5.75 Å². The third-order valence-electron chi connectivity index (χ3n) is 10.7. The maximum absolute atomic E-state index is 14.4. The predicted octanol–water partition coefficient (Wildman–Crippen LogP) is 4.24. The Morgan fingerprint density at radius 1 is 1.14 bits per heavy atom. The monoisotopic (exact) mass is 604 g/mol. The summed E-state index contributed by atoms with van der Waals surface area (Å²) >= 11 is 0. The van der Waals surface area contributed by atoms with Gasteiger partial charge in [-0.25, -0.2) is 14.4 Å². The molecule has 2 unspecified atom stereocenters. The molecule has 7 rings (SSSR count). The van der Waals surface area contributed by atoms with E-state index in [0.29, 0.717) is 64.9 Å². The Bertz CT molecular complexity index is 1580. The van der Waals surface area contributed by atoms with Crippen LogP contribution in [0.3, 0.4) is 0 Å². The highest BCUT2D eigenvalue weighted by atomic mass is 19.1. The van der Waals surface area contributed by atoms with Crippen molar-refractivity contribution < 1.29 is 14.2 Å². The lowest BCUT2D eigenvalue weighted by Crippen LogP contribution is -2.57. The van der Waals surface area contributed by atoms with Gasteiger partial charge in [-0.3, -0.25) is 14.3 Å². The standard InChI is InChI=1S/C34H45FN6O3/c1-22-28-17-24(34(28,2)3)18-30(22)38-33(40-13-11-39(12-14-40)15-16-42)37-25-6-8-27-31(19-25)36-21-41(32(27)43)10-9-23-5-7-26(44-4)20-29(23)35/h5-8,19-22,24,28,30,42H,9-18H2,1-4H3,(H,37,38)/t22-,24?,28+,30?/m0/s1. The molecule has 2 aromatic carbocycles. The number of β-amino-alcohol motifs (C(OH)–C–C–N with tert-alkyl or cyclic N) is 1. The van der Waals surface area contributed by atoms with E-state index in [9.17, 15) is 14.3 Å². The van der Waals surface area contributed by atoms with Crippen LogP contribution in [0.15, 0.2) is 52.5 Å². The second-order valence-electron chi connectivity index (χ2n) is 13.3. The highest BCUT2D eigenvalue weighted by Gasteiger charge is 2.56. The second-order valence-corrected chi connectivity index (χ2v) is 13.3. The normalized spacial score (nSPS) is 25.1. The van der Waals surface area contributed by atoms with Crippen LogP contribution >= 0.6 is 0 Å². The van der Waals surface area contributed by atoms with E-state index in [4.69, 9.17) is 9.73 Å². The fraction of sp³-hybridized carbons (Fsp3) is 0.559. The molecule has 1 aromatic heterocycles. The summed E-state index contributed by atoms with van der Waals surface area (Å²) in [6.07, 6.45) is 4.33. The third-order valence-corrected chi connectivity index (χ3v) is 10.7. The number of methoxy groups -OCH3 is 1. The van der Waals surface area contributed by atoms with E-state index in [2.05, 4.69) is 40.9 Å². The minimum Gasteiger partial charge on any atom is -0.497 e. The van der Waals surface area contributed by atoms with Crippen LogP contribution < -0.4 is 15.6 Å². The quantitative estimate of drug-likeness (QED) is 0.294. The van der Waals surface area contributed by atoms with E-state index >= 15 is 0 Å². The summed E-state index contributed by atoms with van der Waals surface area (Å²) in [6.45, 7) is 11.8. The van der Waals surface area contributed by atoms with Gasteiger partial charge >= 0.3 is 0 Å². The van der Waals surface area contributed by atoms with Crippen molar-refractivity contribution in [1.29, 1.82) is 0 Å². The zero-order chi connectivity index (χ0) is 31.0. The Balaban J connectivity index is 1.21. The molecule has 4 aliphatic rings. The molecule has 2 heterocycles. The molecule has 9 nitrogen and oxygen atoms in total. The van der Waals surface area contributed by atoms with E-state index in [0.717, 1.165) is 44.2 Å². The summed E-state index contributed by atoms with van der Waals surface area (Å²) < 4.78 is 21.1. The van der Waals surface area contributed by atoms with Gasteiger partial charge in [0.25, 0.3) is 5.56 Å². The Morgan fingerprint density at radius 3 is 2.61 bits per heavy atom. The number of anilines is 1.